The zero-order valence-electron chi connectivity index (χ0n) is 11.4. The molecule has 1 aromatic carbocycles. The Morgan fingerprint density at radius 1 is 1.42 bits per heavy atom. The summed E-state index contributed by atoms with van der Waals surface area (Å²) in [6.45, 7) is 6.66. The molecule has 3 nitrogen and oxygen atoms in total. The van der Waals surface area contributed by atoms with Gasteiger partial charge in [-0.2, -0.15) is 0 Å². The lowest BCUT2D eigenvalue weighted by Gasteiger charge is -2.17. The highest BCUT2D eigenvalue weighted by Crippen LogP contribution is 2.28. The fourth-order valence-electron chi connectivity index (χ4n) is 2.33. The molecule has 0 N–H and O–H groups in total. The number of nitrogens with zero attached hydrogens (tertiary/aromatic N) is 1. The van der Waals surface area contributed by atoms with Crippen molar-refractivity contribution >= 4 is 27.7 Å². The third-order valence-corrected chi connectivity index (χ3v) is 4.39. The number of benzene rings is 1. The van der Waals surface area contributed by atoms with Crippen molar-refractivity contribution in [3.8, 4) is 0 Å². The van der Waals surface area contributed by atoms with Crippen LogP contribution in [0.25, 0.3) is 0 Å². The van der Waals surface area contributed by atoms with Crippen molar-refractivity contribution in [1.82, 2.24) is 4.90 Å². The second kappa shape index (κ2) is 5.45. The van der Waals surface area contributed by atoms with Crippen molar-refractivity contribution in [2.75, 3.05) is 6.54 Å². The topological polar surface area (TPSA) is 37.4 Å². The molecule has 102 valence electrons. The van der Waals surface area contributed by atoms with Crippen LogP contribution in [0.2, 0.25) is 0 Å². The first kappa shape index (κ1) is 14.3. The molecule has 1 aromatic rings. The van der Waals surface area contributed by atoms with Crippen LogP contribution in [0.1, 0.15) is 36.2 Å². The molecule has 2 amide bonds. The number of aryl methyl sites for hydroxylation is 1. The standard InChI is InChI=1S/C15H18BrNO2/c1-9(2)11-7-14(18)17(8-11)15(19)12-6-10(3)4-5-13(12)16/h4-6,9,11H,7-8H2,1-3H3. The molecule has 1 atom stereocenters. The average molecular weight is 324 g/mol. The number of hydrogen-bond acceptors (Lipinski definition) is 2. The van der Waals surface area contributed by atoms with E-state index in [2.05, 4.69) is 29.8 Å². The maximum absolute atomic E-state index is 12.5. The number of likely N-dealkylation sites (tertiary alicyclic amines) is 1. The largest absolute Gasteiger partial charge is 0.278 e. The predicted molar refractivity (Wildman–Crippen MR) is 77.9 cm³/mol. The van der Waals surface area contributed by atoms with Gasteiger partial charge in [-0.05, 0) is 46.8 Å². The molecule has 0 spiro atoms. The summed E-state index contributed by atoms with van der Waals surface area (Å²) in [5.74, 6) is 0.448. The first-order chi connectivity index (χ1) is 8.90. The molecular formula is C15H18BrNO2. The van der Waals surface area contributed by atoms with Crippen LogP contribution in [-0.4, -0.2) is 23.3 Å². The van der Waals surface area contributed by atoms with Gasteiger partial charge in [-0.15, -0.1) is 0 Å². The van der Waals surface area contributed by atoms with E-state index < -0.39 is 0 Å². The van der Waals surface area contributed by atoms with Crippen molar-refractivity contribution in [2.45, 2.75) is 27.2 Å². The Hall–Kier alpha value is -1.16. The maximum Gasteiger partial charge on any atom is 0.261 e. The van der Waals surface area contributed by atoms with Crippen molar-refractivity contribution in [3.05, 3.63) is 33.8 Å². The Morgan fingerprint density at radius 2 is 2.11 bits per heavy atom. The van der Waals surface area contributed by atoms with E-state index in [1.165, 1.54) is 4.90 Å². The lowest BCUT2D eigenvalue weighted by Crippen LogP contribution is -2.33. The van der Waals surface area contributed by atoms with Gasteiger partial charge in [0.1, 0.15) is 0 Å². The summed E-state index contributed by atoms with van der Waals surface area (Å²) < 4.78 is 0.740. The Kier molecular flexibility index (Phi) is 4.09. The van der Waals surface area contributed by atoms with Crippen LogP contribution in [-0.2, 0) is 4.79 Å². The number of imide groups is 1. The van der Waals surface area contributed by atoms with Crippen LogP contribution in [0.5, 0.6) is 0 Å². The molecule has 0 saturated carbocycles. The molecular weight excluding hydrogens is 306 g/mol. The Bertz CT molecular complexity index is 525. The van der Waals surface area contributed by atoms with E-state index in [1.54, 1.807) is 0 Å². The highest BCUT2D eigenvalue weighted by molar-refractivity contribution is 9.10. The minimum Gasteiger partial charge on any atom is -0.278 e. The monoisotopic (exact) mass is 323 g/mol. The number of halogens is 1. The normalized spacial score (nSPS) is 19.3. The van der Waals surface area contributed by atoms with E-state index in [0.29, 0.717) is 24.4 Å². The van der Waals surface area contributed by atoms with Gasteiger partial charge in [0.25, 0.3) is 5.91 Å². The van der Waals surface area contributed by atoms with Gasteiger partial charge < -0.3 is 0 Å². The first-order valence-corrected chi connectivity index (χ1v) is 7.30. The molecule has 19 heavy (non-hydrogen) atoms. The van der Waals surface area contributed by atoms with Crippen molar-refractivity contribution in [3.63, 3.8) is 0 Å². The highest BCUT2D eigenvalue weighted by atomic mass is 79.9. The summed E-state index contributed by atoms with van der Waals surface area (Å²) in [7, 11) is 0. The Morgan fingerprint density at radius 3 is 2.68 bits per heavy atom. The Labute approximate surface area is 122 Å². The van der Waals surface area contributed by atoms with Gasteiger partial charge in [0.15, 0.2) is 0 Å². The number of rotatable bonds is 2. The van der Waals surface area contributed by atoms with Crippen LogP contribution in [0.15, 0.2) is 22.7 Å². The SMILES string of the molecule is Cc1ccc(Br)c(C(=O)N2CC(C(C)C)CC2=O)c1. The molecule has 1 saturated heterocycles. The molecule has 0 aliphatic carbocycles. The quantitative estimate of drug-likeness (QED) is 0.782. The smallest absolute Gasteiger partial charge is 0.261 e. The van der Waals surface area contributed by atoms with Crippen LogP contribution >= 0.6 is 15.9 Å². The van der Waals surface area contributed by atoms with Crippen LogP contribution in [0.3, 0.4) is 0 Å². The second-order valence-corrected chi connectivity index (χ2v) is 6.36. The minimum absolute atomic E-state index is 0.0582. The fourth-order valence-corrected chi connectivity index (χ4v) is 2.74. The number of amides is 2. The van der Waals surface area contributed by atoms with E-state index in [9.17, 15) is 9.59 Å². The Balaban J connectivity index is 2.25. The van der Waals surface area contributed by atoms with Gasteiger partial charge in [0, 0.05) is 17.4 Å². The number of carbonyl (C=O) groups is 2. The van der Waals surface area contributed by atoms with Gasteiger partial charge in [-0.3, -0.25) is 14.5 Å². The van der Waals surface area contributed by atoms with Gasteiger partial charge >= 0.3 is 0 Å². The third-order valence-electron chi connectivity index (χ3n) is 3.70. The summed E-state index contributed by atoms with van der Waals surface area (Å²) >= 11 is 3.38. The van der Waals surface area contributed by atoms with E-state index in [0.717, 1.165) is 10.0 Å². The van der Waals surface area contributed by atoms with Crippen molar-refractivity contribution < 1.29 is 9.59 Å². The zero-order valence-corrected chi connectivity index (χ0v) is 13.0. The molecule has 0 bridgehead atoms. The summed E-state index contributed by atoms with van der Waals surface area (Å²) in [6.07, 6.45) is 0.479. The number of hydrogen-bond donors (Lipinski definition) is 0. The van der Waals surface area contributed by atoms with Crippen LogP contribution in [0, 0.1) is 18.8 Å². The van der Waals surface area contributed by atoms with E-state index in [-0.39, 0.29) is 17.7 Å². The number of carbonyl (C=O) groups excluding carboxylic acids is 2. The lowest BCUT2D eigenvalue weighted by atomic mass is 9.95. The van der Waals surface area contributed by atoms with Crippen LogP contribution in [0.4, 0.5) is 0 Å². The zero-order chi connectivity index (χ0) is 14.2. The molecule has 1 heterocycles. The lowest BCUT2D eigenvalue weighted by molar-refractivity contribution is -0.125. The van der Waals surface area contributed by atoms with Gasteiger partial charge in [-0.1, -0.05) is 25.5 Å². The second-order valence-electron chi connectivity index (χ2n) is 5.50. The molecule has 0 radical (unpaired) electrons. The van der Waals surface area contributed by atoms with Gasteiger partial charge in [0.05, 0.1) is 5.56 Å². The first-order valence-electron chi connectivity index (χ1n) is 6.51. The summed E-state index contributed by atoms with van der Waals surface area (Å²) in [5, 5.41) is 0. The molecule has 4 heteroatoms. The average Bonchev–Trinajstić information content (AvgIpc) is 2.74. The third kappa shape index (κ3) is 2.89. The molecule has 1 unspecified atom stereocenters. The van der Waals surface area contributed by atoms with Gasteiger partial charge in [-0.25, -0.2) is 0 Å². The highest BCUT2D eigenvalue weighted by Gasteiger charge is 2.36. The van der Waals surface area contributed by atoms with Crippen LogP contribution < -0.4 is 0 Å². The predicted octanol–water partition coefficient (Wildman–Crippen LogP) is 3.40. The molecule has 2 rings (SSSR count). The van der Waals surface area contributed by atoms with E-state index in [1.807, 2.05) is 25.1 Å². The molecule has 1 fully saturated rings. The van der Waals surface area contributed by atoms with E-state index in [4.69, 9.17) is 0 Å². The summed E-state index contributed by atoms with van der Waals surface area (Å²) in [4.78, 5) is 25.9. The molecule has 0 aromatic heterocycles. The van der Waals surface area contributed by atoms with E-state index >= 15 is 0 Å². The van der Waals surface area contributed by atoms with Crippen molar-refractivity contribution in [2.24, 2.45) is 11.8 Å². The minimum atomic E-state index is -0.191. The molecule has 1 aliphatic heterocycles. The van der Waals surface area contributed by atoms with Gasteiger partial charge in [0.2, 0.25) is 5.91 Å². The summed E-state index contributed by atoms with van der Waals surface area (Å²) in [5.41, 5.74) is 1.58. The fraction of sp³-hybridized carbons (Fsp3) is 0.467. The molecule has 1 aliphatic rings. The van der Waals surface area contributed by atoms with Crippen molar-refractivity contribution in [1.29, 1.82) is 0 Å². The maximum atomic E-state index is 12.5. The summed E-state index contributed by atoms with van der Waals surface area (Å²) in [6, 6.07) is 5.61.